The zero-order valence-electron chi connectivity index (χ0n) is 8.66. The van der Waals surface area contributed by atoms with Crippen molar-refractivity contribution in [3.8, 4) is 0 Å². The van der Waals surface area contributed by atoms with Gasteiger partial charge in [-0.25, -0.2) is 0 Å². The second kappa shape index (κ2) is 3.91. The Kier molecular flexibility index (Phi) is 2.60. The van der Waals surface area contributed by atoms with Crippen molar-refractivity contribution in [1.29, 1.82) is 0 Å². The van der Waals surface area contributed by atoms with Gasteiger partial charge in [0, 0.05) is 20.7 Å². The molecule has 0 amide bonds. The van der Waals surface area contributed by atoms with Crippen molar-refractivity contribution in [3.05, 3.63) is 41.3 Å². The van der Waals surface area contributed by atoms with Crippen LogP contribution in [0.5, 0.6) is 0 Å². The number of allylic oxidation sites excluding steroid dienone is 1. The summed E-state index contributed by atoms with van der Waals surface area (Å²) in [6.07, 6.45) is 6.05. The van der Waals surface area contributed by atoms with E-state index < -0.39 is 0 Å². The smallest absolute Gasteiger partial charge is 0.0356 e. The Bertz CT molecular complexity index is 535. The van der Waals surface area contributed by atoms with Crippen LogP contribution in [-0.4, -0.2) is 0 Å². The molecular formula is C13H13NS. The number of benzene rings is 1. The van der Waals surface area contributed by atoms with Gasteiger partial charge in [0.25, 0.3) is 0 Å². The van der Waals surface area contributed by atoms with Crippen LogP contribution < -0.4 is 5.73 Å². The number of hydrogen-bond donors (Lipinski definition) is 1. The fourth-order valence-corrected chi connectivity index (χ4v) is 2.80. The van der Waals surface area contributed by atoms with Gasteiger partial charge in [0.15, 0.2) is 0 Å². The molecular weight excluding hydrogens is 202 g/mol. The van der Waals surface area contributed by atoms with Crippen LogP contribution >= 0.6 is 11.3 Å². The minimum atomic E-state index is 0.801. The highest BCUT2D eigenvalue weighted by Gasteiger charge is 2.06. The molecule has 2 rings (SSSR count). The summed E-state index contributed by atoms with van der Waals surface area (Å²) in [6, 6.07) is 6.01. The van der Waals surface area contributed by atoms with Gasteiger partial charge in [-0.15, -0.1) is 11.3 Å². The van der Waals surface area contributed by atoms with E-state index in [1.54, 1.807) is 11.3 Å². The van der Waals surface area contributed by atoms with E-state index in [0.717, 1.165) is 5.69 Å². The first-order valence-corrected chi connectivity index (χ1v) is 5.65. The molecule has 1 aromatic carbocycles. The summed E-state index contributed by atoms with van der Waals surface area (Å²) in [5, 5.41) is 1.20. The summed E-state index contributed by atoms with van der Waals surface area (Å²) in [6.45, 7) is 5.88. The minimum Gasteiger partial charge on any atom is -0.399 e. The summed E-state index contributed by atoms with van der Waals surface area (Å²) in [5.41, 5.74) is 7.77. The number of hydrogen-bond acceptors (Lipinski definition) is 2. The van der Waals surface area contributed by atoms with Crippen molar-refractivity contribution < 1.29 is 0 Å². The van der Waals surface area contributed by atoms with Gasteiger partial charge in [0.2, 0.25) is 0 Å². The molecule has 0 aliphatic rings. The summed E-state index contributed by atoms with van der Waals surface area (Å²) < 4.78 is 1.26. The highest BCUT2D eigenvalue weighted by molar-refractivity contribution is 7.20. The maximum atomic E-state index is 5.78. The first kappa shape index (κ1) is 9.99. The molecule has 2 heteroatoms. The maximum Gasteiger partial charge on any atom is 0.0356 e. The zero-order chi connectivity index (χ0) is 10.8. The lowest BCUT2D eigenvalue weighted by molar-refractivity contribution is 1.76. The normalized spacial score (nSPS) is 11.3. The van der Waals surface area contributed by atoms with Gasteiger partial charge in [-0.2, -0.15) is 0 Å². The van der Waals surface area contributed by atoms with Gasteiger partial charge in [-0.05, 0) is 36.8 Å². The van der Waals surface area contributed by atoms with Gasteiger partial charge in [-0.1, -0.05) is 18.7 Å². The largest absolute Gasteiger partial charge is 0.399 e. The van der Waals surface area contributed by atoms with Crippen molar-refractivity contribution in [2.45, 2.75) is 6.92 Å². The van der Waals surface area contributed by atoms with E-state index >= 15 is 0 Å². The van der Waals surface area contributed by atoms with E-state index in [-0.39, 0.29) is 0 Å². The van der Waals surface area contributed by atoms with E-state index in [0.29, 0.717) is 0 Å². The van der Waals surface area contributed by atoms with Gasteiger partial charge in [-0.3, -0.25) is 0 Å². The number of nitrogens with two attached hydrogens (primary N) is 1. The fourth-order valence-electron chi connectivity index (χ4n) is 1.64. The molecule has 1 heterocycles. The highest BCUT2D eigenvalue weighted by atomic mass is 32.1. The molecule has 0 bridgehead atoms. The van der Waals surface area contributed by atoms with E-state index in [1.807, 2.05) is 31.2 Å². The van der Waals surface area contributed by atoms with Crippen LogP contribution in [0.2, 0.25) is 0 Å². The molecule has 15 heavy (non-hydrogen) atoms. The fraction of sp³-hybridized carbons (Fsp3) is 0.0769. The average molecular weight is 215 g/mol. The molecule has 2 N–H and O–H groups in total. The third-order valence-electron chi connectivity index (χ3n) is 2.30. The van der Waals surface area contributed by atoms with E-state index in [1.165, 1.54) is 20.5 Å². The number of rotatable bonds is 2. The van der Waals surface area contributed by atoms with Gasteiger partial charge in [0.1, 0.15) is 0 Å². The van der Waals surface area contributed by atoms with Crippen LogP contribution in [0.1, 0.15) is 17.4 Å². The Labute approximate surface area is 93.5 Å². The van der Waals surface area contributed by atoms with Gasteiger partial charge >= 0.3 is 0 Å². The summed E-state index contributed by atoms with van der Waals surface area (Å²) >= 11 is 1.77. The first-order valence-electron chi connectivity index (χ1n) is 4.83. The van der Waals surface area contributed by atoms with E-state index in [4.69, 9.17) is 5.73 Å². The lowest BCUT2D eigenvalue weighted by Gasteiger charge is -1.95. The average Bonchev–Trinajstić information content (AvgIpc) is 2.55. The molecule has 0 saturated heterocycles. The van der Waals surface area contributed by atoms with Crippen molar-refractivity contribution in [2.24, 2.45) is 0 Å². The Morgan fingerprint density at radius 2 is 2.20 bits per heavy atom. The van der Waals surface area contributed by atoms with E-state index in [2.05, 4.69) is 18.7 Å². The quantitative estimate of drug-likeness (QED) is 0.748. The van der Waals surface area contributed by atoms with Crippen molar-refractivity contribution in [1.82, 2.24) is 0 Å². The highest BCUT2D eigenvalue weighted by Crippen LogP contribution is 2.34. The lowest BCUT2D eigenvalue weighted by Crippen LogP contribution is -1.82. The van der Waals surface area contributed by atoms with Crippen LogP contribution in [0.25, 0.3) is 22.2 Å². The monoisotopic (exact) mass is 215 g/mol. The standard InChI is InChI=1S/C13H13NS/c1-3-5-12-10(4-2)11-8-9(14)6-7-13(11)15-12/h3-8H,2,14H2,1H3/b5-3-. The molecule has 1 aromatic heterocycles. The predicted molar refractivity (Wildman–Crippen MR) is 71.0 cm³/mol. The Morgan fingerprint density at radius 1 is 1.40 bits per heavy atom. The Morgan fingerprint density at radius 3 is 2.87 bits per heavy atom. The Balaban J connectivity index is 2.79. The van der Waals surface area contributed by atoms with Crippen molar-refractivity contribution >= 4 is 39.3 Å². The molecule has 0 atom stereocenters. The second-order valence-corrected chi connectivity index (χ2v) is 4.42. The first-order chi connectivity index (χ1) is 7.26. The van der Waals surface area contributed by atoms with Crippen LogP contribution in [0.4, 0.5) is 5.69 Å². The molecule has 76 valence electrons. The molecule has 0 fully saturated rings. The number of nitrogen functional groups attached to an aromatic ring is 1. The van der Waals surface area contributed by atoms with Crippen LogP contribution in [-0.2, 0) is 0 Å². The lowest BCUT2D eigenvalue weighted by atomic mass is 10.1. The maximum absolute atomic E-state index is 5.78. The molecule has 0 spiro atoms. The zero-order valence-corrected chi connectivity index (χ0v) is 9.47. The SMILES string of the molecule is C=Cc1c(/C=C\C)sc2ccc(N)cc12. The summed E-state index contributed by atoms with van der Waals surface area (Å²) in [5.74, 6) is 0. The molecule has 0 radical (unpaired) electrons. The molecule has 2 aromatic rings. The minimum absolute atomic E-state index is 0.801. The molecule has 0 aliphatic heterocycles. The molecule has 0 aliphatic carbocycles. The predicted octanol–water partition coefficient (Wildman–Crippen LogP) is 4.16. The van der Waals surface area contributed by atoms with Gasteiger partial charge < -0.3 is 5.73 Å². The number of anilines is 1. The van der Waals surface area contributed by atoms with E-state index in [9.17, 15) is 0 Å². The van der Waals surface area contributed by atoms with Crippen LogP contribution in [0.3, 0.4) is 0 Å². The molecule has 0 saturated carbocycles. The third kappa shape index (κ3) is 1.68. The summed E-state index contributed by atoms with van der Waals surface area (Å²) in [7, 11) is 0. The van der Waals surface area contributed by atoms with Crippen LogP contribution in [0, 0.1) is 0 Å². The van der Waals surface area contributed by atoms with Crippen LogP contribution in [0.15, 0.2) is 30.9 Å². The molecule has 0 unspecified atom stereocenters. The number of fused-ring (bicyclic) bond motifs is 1. The Hall–Kier alpha value is -1.54. The number of thiophene rings is 1. The topological polar surface area (TPSA) is 26.0 Å². The van der Waals surface area contributed by atoms with Crippen molar-refractivity contribution in [2.75, 3.05) is 5.73 Å². The van der Waals surface area contributed by atoms with Crippen molar-refractivity contribution in [3.63, 3.8) is 0 Å². The second-order valence-electron chi connectivity index (χ2n) is 3.34. The third-order valence-corrected chi connectivity index (χ3v) is 3.45. The van der Waals surface area contributed by atoms with Gasteiger partial charge in [0.05, 0.1) is 0 Å². The summed E-state index contributed by atoms with van der Waals surface area (Å²) in [4.78, 5) is 1.24. The molecule has 1 nitrogen and oxygen atoms in total.